The van der Waals surface area contributed by atoms with E-state index in [4.69, 9.17) is 0 Å². The summed E-state index contributed by atoms with van der Waals surface area (Å²) in [5.41, 5.74) is 0.287. The standard InChI is InChI=1S/C15H18F2N2O5S/c1-25(21,22)9-10-3-2-6-19(8-10)14(20)18-11-4-5-12-13(7-11)24-15(16,17)23-12/h4-5,7,10H,2-3,6,8-9H2,1H3,(H,18,20)/t10-/m1/s1. The van der Waals surface area contributed by atoms with Crippen LogP contribution in [-0.2, 0) is 9.84 Å². The lowest BCUT2D eigenvalue weighted by Gasteiger charge is -2.32. The minimum Gasteiger partial charge on any atom is -0.395 e. The lowest BCUT2D eigenvalue weighted by Crippen LogP contribution is -2.43. The number of alkyl halides is 2. The minimum absolute atomic E-state index is 0.0376. The average Bonchev–Trinajstić information content (AvgIpc) is 2.79. The number of piperidine rings is 1. The fraction of sp³-hybridized carbons (Fsp3) is 0.533. The van der Waals surface area contributed by atoms with E-state index in [0.29, 0.717) is 19.5 Å². The Morgan fingerprint density at radius 3 is 2.80 bits per heavy atom. The predicted molar refractivity (Wildman–Crippen MR) is 85.7 cm³/mol. The molecule has 1 aromatic carbocycles. The lowest BCUT2D eigenvalue weighted by atomic mass is 10.0. The molecule has 0 bridgehead atoms. The Morgan fingerprint density at radius 1 is 1.36 bits per heavy atom. The molecule has 0 saturated carbocycles. The van der Waals surface area contributed by atoms with E-state index in [1.165, 1.54) is 29.4 Å². The zero-order valence-corrected chi connectivity index (χ0v) is 14.3. The fourth-order valence-corrected chi connectivity index (χ4v) is 4.17. The number of fused-ring (bicyclic) bond motifs is 1. The minimum atomic E-state index is -3.71. The number of rotatable bonds is 3. The zero-order chi connectivity index (χ0) is 18.2. The number of hydrogen-bond acceptors (Lipinski definition) is 5. The van der Waals surface area contributed by atoms with Crippen LogP contribution in [0.3, 0.4) is 0 Å². The smallest absolute Gasteiger partial charge is 0.395 e. The van der Waals surface area contributed by atoms with Crippen molar-refractivity contribution < 1.29 is 31.5 Å². The summed E-state index contributed by atoms with van der Waals surface area (Å²) in [5.74, 6) is -0.328. The number of hydrogen-bond donors (Lipinski definition) is 1. The van der Waals surface area contributed by atoms with E-state index < -0.39 is 22.2 Å². The molecule has 7 nitrogen and oxygen atoms in total. The van der Waals surface area contributed by atoms with Gasteiger partial charge in [0.2, 0.25) is 0 Å². The van der Waals surface area contributed by atoms with Gasteiger partial charge in [-0.2, -0.15) is 0 Å². The Bertz CT molecular complexity index is 784. The summed E-state index contributed by atoms with van der Waals surface area (Å²) >= 11 is 0. The van der Waals surface area contributed by atoms with Crippen molar-refractivity contribution in [1.82, 2.24) is 4.90 Å². The Balaban J connectivity index is 1.63. The number of carbonyl (C=O) groups is 1. The van der Waals surface area contributed by atoms with Gasteiger partial charge < -0.3 is 19.7 Å². The summed E-state index contributed by atoms with van der Waals surface area (Å²) in [6.07, 6.45) is -1.08. The maximum absolute atomic E-state index is 13.0. The largest absolute Gasteiger partial charge is 0.586 e. The van der Waals surface area contributed by atoms with Gasteiger partial charge in [0.05, 0.1) is 5.75 Å². The van der Waals surface area contributed by atoms with E-state index in [-0.39, 0.29) is 28.9 Å². The summed E-state index contributed by atoms with van der Waals surface area (Å²) in [7, 11) is -3.11. The molecule has 1 saturated heterocycles. The van der Waals surface area contributed by atoms with Crippen molar-refractivity contribution in [2.24, 2.45) is 5.92 Å². The van der Waals surface area contributed by atoms with E-state index >= 15 is 0 Å². The van der Waals surface area contributed by atoms with Gasteiger partial charge in [-0.05, 0) is 30.9 Å². The molecule has 0 unspecified atom stereocenters. The number of likely N-dealkylation sites (tertiary alicyclic amines) is 1. The van der Waals surface area contributed by atoms with Crippen LogP contribution in [0, 0.1) is 5.92 Å². The highest BCUT2D eigenvalue weighted by atomic mass is 32.2. The molecule has 0 aliphatic carbocycles. The van der Waals surface area contributed by atoms with Gasteiger partial charge in [0, 0.05) is 31.1 Å². The number of ether oxygens (including phenoxy) is 2. The number of carbonyl (C=O) groups excluding carboxylic acids is 1. The molecule has 3 rings (SSSR count). The first-order chi connectivity index (χ1) is 11.6. The summed E-state index contributed by atoms with van der Waals surface area (Å²) in [6.45, 7) is 0.843. The van der Waals surface area contributed by atoms with E-state index in [9.17, 15) is 22.0 Å². The molecular formula is C15H18F2N2O5S. The van der Waals surface area contributed by atoms with Gasteiger partial charge in [-0.3, -0.25) is 0 Å². The van der Waals surface area contributed by atoms with Gasteiger partial charge in [-0.15, -0.1) is 8.78 Å². The summed E-state index contributed by atoms with van der Waals surface area (Å²) in [4.78, 5) is 13.9. The molecule has 1 fully saturated rings. The van der Waals surface area contributed by atoms with E-state index in [1.54, 1.807) is 0 Å². The SMILES string of the molecule is CS(=O)(=O)C[C@@H]1CCCN(C(=O)Nc2ccc3c(c2)OC(F)(F)O3)C1. The molecule has 138 valence electrons. The van der Waals surface area contributed by atoms with Crippen LogP contribution in [0.2, 0.25) is 0 Å². The molecule has 2 aliphatic heterocycles. The van der Waals surface area contributed by atoms with Crippen LogP contribution < -0.4 is 14.8 Å². The Hall–Kier alpha value is -2.10. The number of nitrogens with one attached hydrogen (secondary N) is 1. The van der Waals surface area contributed by atoms with Crippen molar-refractivity contribution in [2.75, 3.05) is 30.4 Å². The maximum atomic E-state index is 13.0. The van der Waals surface area contributed by atoms with Crippen molar-refractivity contribution in [3.63, 3.8) is 0 Å². The highest BCUT2D eigenvalue weighted by molar-refractivity contribution is 7.90. The number of nitrogens with zero attached hydrogens (tertiary/aromatic N) is 1. The number of anilines is 1. The molecule has 1 aromatic rings. The van der Waals surface area contributed by atoms with E-state index in [1.807, 2.05) is 0 Å². The van der Waals surface area contributed by atoms with Crippen LogP contribution in [0.15, 0.2) is 18.2 Å². The number of sulfone groups is 1. The molecule has 0 radical (unpaired) electrons. The molecule has 25 heavy (non-hydrogen) atoms. The summed E-state index contributed by atoms with van der Waals surface area (Å²) in [5, 5.41) is 2.61. The molecular weight excluding hydrogens is 358 g/mol. The second-order valence-corrected chi connectivity index (χ2v) is 8.49. The molecule has 0 aromatic heterocycles. The molecule has 0 spiro atoms. The molecule has 2 amide bonds. The quantitative estimate of drug-likeness (QED) is 0.875. The van der Waals surface area contributed by atoms with Gasteiger partial charge in [0.15, 0.2) is 11.5 Å². The Labute approximate surface area is 143 Å². The first-order valence-electron chi connectivity index (χ1n) is 7.75. The highest BCUT2D eigenvalue weighted by Gasteiger charge is 2.43. The Kier molecular flexibility index (Phi) is 4.48. The Morgan fingerprint density at radius 2 is 2.08 bits per heavy atom. The normalized spacial score (nSPS) is 21.9. The molecule has 1 atom stereocenters. The maximum Gasteiger partial charge on any atom is 0.586 e. The average molecular weight is 376 g/mol. The van der Waals surface area contributed by atoms with Crippen LogP contribution in [0.1, 0.15) is 12.8 Å². The summed E-state index contributed by atoms with van der Waals surface area (Å²) < 4.78 is 57.5. The number of halogens is 2. The van der Waals surface area contributed by atoms with Gasteiger partial charge in [0.25, 0.3) is 0 Å². The van der Waals surface area contributed by atoms with Gasteiger partial charge in [0.1, 0.15) is 9.84 Å². The fourth-order valence-electron chi connectivity index (χ4n) is 3.04. The highest BCUT2D eigenvalue weighted by Crippen LogP contribution is 2.42. The van der Waals surface area contributed by atoms with Crippen LogP contribution in [0.5, 0.6) is 11.5 Å². The number of amides is 2. The topological polar surface area (TPSA) is 84.9 Å². The van der Waals surface area contributed by atoms with Crippen LogP contribution >= 0.6 is 0 Å². The molecule has 10 heteroatoms. The van der Waals surface area contributed by atoms with Crippen molar-refractivity contribution in [1.29, 1.82) is 0 Å². The van der Waals surface area contributed by atoms with Gasteiger partial charge in [-0.1, -0.05) is 0 Å². The number of urea groups is 1. The zero-order valence-electron chi connectivity index (χ0n) is 13.5. The van der Waals surface area contributed by atoms with Gasteiger partial charge in [-0.25, -0.2) is 13.2 Å². The molecule has 2 aliphatic rings. The van der Waals surface area contributed by atoms with Crippen molar-refractivity contribution in [3.8, 4) is 11.5 Å². The second kappa shape index (κ2) is 6.32. The van der Waals surface area contributed by atoms with Crippen molar-refractivity contribution in [2.45, 2.75) is 19.1 Å². The molecule has 1 N–H and O–H groups in total. The number of benzene rings is 1. The lowest BCUT2D eigenvalue weighted by molar-refractivity contribution is -0.286. The van der Waals surface area contributed by atoms with E-state index in [0.717, 1.165) is 6.42 Å². The van der Waals surface area contributed by atoms with Gasteiger partial charge >= 0.3 is 12.3 Å². The van der Waals surface area contributed by atoms with Crippen LogP contribution in [0.4, 0.5) is 19.3 Å². The van der Waals surface area contributed by atoms with Crippen molar-refractivity contribution >= 4 is 21.6 Å². The predicted octanol–water partition coefficient (Wildman–Crippen LogP) is 2.30. The second-order valence-electron chi connectivity index (χ2n) is 6.31. The third kappa shape index (κ3) is 4.50. The van der Waals surface area contributed by atoms with E-state index in [2.05, 4.69) is 14.8 Å². The molecule has 2 heterocycles. The van der Waals surface area contributed by atoms with Crippen LogP contribution in [-0.4, -0.2) is 50.7 Å². The third-order valence-corrected chi connectivity index (χ3v) is 5.07. The third-order valence-electron chi connectivity index (χ3n) is 4.00. The first-order valence-corrected chi connectivity index (χ1v) is 9.81. The first kappa shape index (κ1) is 17.7. The van der Waals surface area contributed by atoms with Crippen molar-refractivity contribution in [3.05, 3.63) is 18.2 Å². The van der Waals surface area contributed by atoms with Crippen LogP contribution in [0.25, 0.3) is 0 Å². The summed E-state index contributed by atoms with van der Waals surface area (Å²) in [6, 6.07) is 3.56. The monoisotopic (exact) mass is 376 g/mol.